The molecule has 0 aromatic heterocycles. The van der Waals surface area contributed by atoms with Crippen molar-refractivity contribution in [2.75, 3.05) is 6.54 Å². The van der Waals surface area contributed by atoms with Crippen LogP contribution in [0.2, 0.25) is 0 Å². The molecule has 3 atom stereocenters. The Balaban J connectivity index is 2.61. The quantitative estimate of drug-likeness (QED) is 0.724. The normalized spacial score (nSPS) is 32.5. The number of nitrogens with one attached hydrogen (secondary N) is 1. The Kier molecular flexibility index (Phi) is 5.94. The van der Waals surface area contributed by atoms with Crippen LogP contribution in [0, 0.1) is 11.8 Å². The van der Waals surface area contributed by atoms with Crippen LogP contribution < -0.4 is 11.1 Å². The second-order valence-corrected chi connectivity index (χ2v) is 6.37. The average Bonchev–Trinajstić information content (AvgIpc) is 2.52. The standard InChI is InChI=1S/C15H32N2/c1-5-13(4)17-15(11-16)9-6-7-14(8-10-15)12(2)3/h12-14,17H,5-11,16H2,1-4H3. The number of hydrogen-bond acceptors (Lipinski definition) is 2. The molecule has 0 aromatic rings. The molecule has 0 bridgehead atoms. The molecule has 0 aliphatic heterocycles. The van der Waals surface area contributed by atoms with Gasteiger partial charge in [0.2, 0.25) is 0 Å². The molecular weight excluding hydrogens is 208 g/mol. The van der Waals surface area contributed by atoms with Crippen molar-refractivity contribution in [1.82, 2.24) is 5.32 Å². The molecule has 1 fully saturated rings. The average molecular weight is 240 g/mol. The Labute approximate surface area is 108 Å². The highest BCUT2D eigenvalue weighted by molar-refractivity contribution is 4.93. The maximum absolute atomic E-state index is 6.07. The van der Waals surface area contributed by atoms with Crippen molar-refractivity contribution in [3.05, 3.63) is 0 Å². The summed E-state index contributed by atoms with van der Waals surface area (Å²) in [6.45, 7) is 10.0. The number of rotatable bonds is 5. The van der Waals surface area contributed by atoms with E-state index < -0.39 is 0 Å². The monoisotopic (exact) mass is 240 g/mol. The van der Waals surface area contributed by atoms with E-state index in [1.54, 1.807) is 0 Å². The Morgan fingerprint density at radius 2 is 1.94 bits per heavy atom. The van der Waals surface area contributed by atoms with E-state index in [1.807, 2.05) is 0 Å². The molecule has 102 valence electrons. The van der Waals surface area contributed by atoms with Gasteiger partial charge in [0, 0.05) is 18.1 Å². The van der Waals surface area contributed by atoms with E-state index in [0.717, 1.165) is 18.4 Å². The first-order chi connectivity index (χ1) is 8.03. The summed E-state index contributed by atoms with van der Waals surface area (Å²) in [7, 11) is 0. The summed E-state index contributed by atoms with van der Waals surface area (Å²) in [5.41, 5.74) is 6.29. The van der Waals surface area contributed by atoms with E-state index in [2.05, 4.69) is 33.0 Å². The van der Waals surface area contributed by atoms with E-state index in [9.17, 15) is 0 Å². The van der Waals surface area contributed by atoms with Crippen molar-refractivity contribution in [2.45, 2.75) is 77.8 Å². The smallest absolute Gasteiger partial charge is 0.0306 e. The minimum atomic E-state index is 0.221. The molecule has 0 radical (unpaired) electrons. The van der Waals surface area contributed by atoms with Crippen molar-refractivity contribution in [3.63, 3.8) is 0 Å². The van der Waals surface area contributed by atoms with E-state index in [1.165, 1.54) is 38.5 Å². The van der Waals surface area contributed by atoms with Gasteiger partial charge in [-0.2, -0.15) is 0 Å². The maximum Gasteiger partial charge on any atom is 0.0306 e. The van der Waals surface area contributed by atoms with Crippen LogP contribution in [0.1, 0.15) is 66.2 Å². The topological polar surface area (TPSA) is 38.0 Å². The molecule has 1 saturated carbocycles. The van der Waals surface area contributed by atoms with E-state index in [0.29, 0.717) is 6.04 Å². The van der Waals surface area contributed by atoms with Gasteiger partial charge < -0.3 is 11.1 Å². The van der Waals surface area contributed by atoms with Gasteiger partial charge in [-0.1, -0.05) is 33.6 Å². The summed E-state index contributed by atoms with van der Waals surface area (Å²) < 4.78 is 0. The van der Waals surface area contributed by atoms with Crippen molar-refractivity contribution in [3.8, 4) is 0 Å². The van der Waals surface area contributed by atoms with Gasteiger partial charge in [-0.25, -0.2) is 0 Å². The van der Waals surface area contributed by atoms with E-state index in [-0.39, 0.29) is 5.54 Å². The van der Waals surface area contributed by atoms with Crippen LogP contribution in [0.5, 0.6) is 0 Å². The van der Waals surface area contributed by atoms with Gasteiger partial charge >= 0.3 is 0 Å². The first-order valence-electron chi connectivity index (χ1n) is 7.50. The lowest BCUT2D eigenvalue weighted by molar-refractivity contribution is 0.252. The zero-order valence-corrected chi connectivity index (χ0v) is 12.3. The highest BCUT2D eigenvalue weighted by Gasteiger charge is 2.33. The first-order valence-corrected chi connectivity index (χ1v) is 7.50. The van der Waals surface area contributed by atoms with Gasteiger partial charge in [0.05, 0.1) is 0 Å². The summed E-state index contributed by atoms with van der Waals surface area (Å²) >= 11 is 0. The van der Waals surface area contributed by atoms with E-state index in [4.69, 9.17) is 5.73 Å². The van der Waals surface area contributed by atoms with Gasteiger partial charge in [0.15, 0.2) is 0 Å². The van der Waals surface area contributed by atoms with Crippen LogP contribution in [-0.4, -0.2) is 18.1 Å². The summed E-state index contributed by atoms with van der Waals surface area (Å²) in [6, 6.07) is 0.592. The van der Waals surface area contributed by atoms with Crippen LogP contribution in [-0.2, 0) is 0 Å². The van der Waals surface area contributed by atoms with Crippen LogP contribution in [0.3, 0.4) is 0 Å². The molecule has 1 rings (SSSR count). The molecule has 0 spiro atoms. The second-order valence-electron chi connectivity index (χ2n) is 6.37. The van der Waals surface area contributed by atoms with E-state index >= 15 is 0 Å². The van der Waals surface area contributed by atoms with Crippen LogP contribution in [0.15, 0.2) is 0 Å². The zero-order chi connectivity index (χ0) is 12.9. The second kappa shape index (κ2) is 6.75. The molecule has 0 saturated heterocycles. The highest BCUT2D eigenvalue weighted by atomic mass is 15.0. The summed E-state index contributed by atoms with van der Waals surface area (Å²) in [5.74, 6) is 1.73. The van der Waals surface area contributed by atoms with Gasteiger partial charge in [-0.3, -0.25) is 0 Å². The minimum absolute atomic E-state index is 0.221. The Hall–Kier alpha value is -0.0800. The Morgan fingerprint density at radius 3 is 2.47 bits per heavy atom. The first kappa shape index (κ1) is 15.0. The predicted octanol–water partition coefficient (Wildman–Crippen LogP) is 3.31. The third-order valence-electron chi connectivity index (χ3n) is 4.72. The third kappa shape index (κ3) is 4.26. The van der Waals surface area contributed by atoms with Gasteiger partial charge in [-0.15, -0.1) is 0 Å². The maximum atomic E-state index is 6.07. The molecule has 0 aromatic carbocycles. The fourth-order valence-electron chi connectivity index (χ4n) is 3.13. The van der Waals surface area contributed by atoms with Crippen LogP contribution in [0.25, 0.3) is 0 Å². The highest BCUT2D eigenvalue weighted by Crippen LogP contribution is 2.33. The van der Waals surface area contributed by atoms with Gasteiger partial charge in [0.1, 0.15) is 0 Å². The predicted molar refractivity (Wildman–Crippen MR) is 76.1 cm³/mol. The fourth-order valence-corrected chi connectivity index (χ4v) is 3.13. The number of hydrogen-bond donors (Lipinski definition) is 2. The van der Waals surface area contributed by atoms with Crippen LogP contribution in [0.4, 0.5) is 0 Å². The lowest BCUT2D eigenvalue weighted by Gasteiger charge is -2.36. The molecule has 0 amide bonds. The zero-order valence-electron chi connectivity index (χ0n) is 12.3. The fraction of sp³-hybridized carbons (Fsp3) is 1.00. The Bertz CT molecular complexity index is 215. The Morgan fingerprint density at radius 1 is 1.24 bits per heavy atom. The molecular formula is C15H32N2. The van der Waals surface area contributed by atoms with Crippen molar-refractivity contribution in [1.29, 1.82) is 0 Å². The van der Waals surface area contributed by atoms with Gasteiger partial charge in [-0.05, 0) is 44.4 Å². The summed E-state index contributed by atoms with van der Waals surface area (Å²) in [4.78, 5) is 0. The lowest BCUT2D eigenvalue weighted by atomic mass is 9.86. The SMILES string of the molecule is CCC(C)NC1(CN)CCCC(C(C)C)CC1. The lowest BCUT2D eigenvalue weighted by Crippen LogP contribution is -2.54. The van der Waals surface area contributed by atoms with Crippen molar-refractivity contribution < 1.29 is 0 Å². The third-order valence-corrected chi connectivity index (χ3v) is 4.72. The molecule has 1 aliphatic carbocycles. The summed E-state index contributed by atoms with van der Waals surface area (Å²) in [5, 5.41) is 3.81. The summed E-state index contributed by atoms with van der Waals surface area (Å²) in [6.07, 6.45) is 7.78. The molecule has 17 heavy (non-hydrogen) atoms. The number of nitrogens with two attached hydrogens (primary N) is 1. The molecule has 3 N–H and O–H groups in total. The molecule has 2 heteroatoms. The van der Waals surface area contributed by atoms with Crippen molar-refractivity contribution in [2.24, 2.45) is 17.6 Å². The minimum Gasteiger partial charge on any atom is -0.329 e. The van der Waals surface area contributed by atoms with Crippen LogP contribution >= 0.6 is 0 Å². The molecule has 1 aliphatic rings. The molecule has 2 nitrogen and oxygen atoms in total. The van der Waals surface area contributed by atoms with Crippen molar-refractivity contribution >= 4 is 0 Å². The van der Waals surface area contributed by atoms with Gasteiger partial charge in [0.25, 0.3) is 0 Å². The molecule has 3 unspecified atom stereocenters. The molecule has 0 heterocycles. The largest absolute Gasteiger partial charge is 0.329 e.